The number of hydrogen-bond acceptors (Lipinski definition) is 11. The highest BCUT2D eigenvalue weighted by molar-refractivity contribution is 5.73. The highest BCUT2D eigenvalue weighted by Gasteiger charge is 2.93. The Morgan fingerprint density at radius 2 is 1.81 bits per heavy atom. The lowest BCUT2D eigenvalue weighted by atomic mass is 9.36. The third-order valence-electron chi connectivity index (χ3n) is 11.8. The van der Waals surface area contributed by atoms with E-state index in [1.807, 2.05) is 20.8 Å². The average Bonchev–Trinajstić information content (AvgIpc) is 3.56. The molecule has 5 fully saturated rings. The summed E-state index contributed by atoms with van der Waals surface area (Å²) < 4.78 is 35.4. The minimum Gasteiger partial charge on any atom is -0.472 e. The molecule has 0 unspecified atom stereocenters. The topological polar surface area (TPSA) is 148 Å². The fraction of sp³-hybridized carbons (Fsp3) is 0.742. The van der Waals surface area contributed by atoms with E-state index in [9.17, 15) is 24.3 Å². The lowest BCUT2D eigenvalue weighted by Crippen LogP contribution is -2.81. The van der Waals surface area contributed by atoms with Crippen LogP contribution >= 0.6 is 0 Å². The molecule has 0 aromatic carbocycles. The maximum Gasteiger partial charge on any atom is 0.306 e. The number of esters is 4. The zero-order chi connectivity index (χ0) is 30.7. The number of furan rings is 1. The first kappa shape index (κ1) is 29.2. The molecule has 11 heteroatoms. The largest absolute Gasteiger partial charge is 0.472 e. The van der Waals surface area contributed by atoms with Gasteiger partial charge in [-0.3, -0.25) is 19.2 Å². The molecular weight excluding hydrogens is 548 g/mol. The predicted molar refractivity (Wildman–Crippen MR) is 142 cm³/mol. The van der Waals surface area contributed by atoms with Crippen LogP contribution in [0.15, 0.2) is 23.0 Å². The summed E-state index contributed by atoms with van der Waals surface area (Å²) in [5.74, 6) is -5.77. The minimum atomic E-state index is -2.15. The first-order valence-corrected chi connectivity index (χ1v) is 14.6. The van der Waals surface area contributed by atoms with Crippen LogP contribution in [0.3, 0.4) is 0 Å². The van der Waals surface area contributed by atoms with Gasteiger partial charge in [-0.05, 0) is 30.7 Å². The number of rotatable bonds is 5. The molecular formula is C31H40O11. The summed E-state index contributed by atoms with van der Waals surface area (Å²) in [5.41, 5.74) is -5.02. The molecule has 4 heterocycles. The lowest BCUT2D eigenvalue weighted by Gasteiger charge is -2.69. The second-order valence-corrected chi connectivity index (χ2v) is 14.1. The van der Waals surface area contributed by atoms with Crippen molar-refractivity contribution in [2.75, 3.05) is 7.11 Å². The number of methoxy groups -OCH3 is 1. The summed E-state index contributed by atoms with van der Waals surface area (Å²) in [5, 5.41) is 13.0. The molecule has 3 saturated heterocycles. The van der Waals surface area contributed by atoms with Crippen LogP contribution in [-0.4, -0.2) is 59.2 Å². The number of hydrogen-bond donors (Lipinski definition) is 1. The first-order chi connectivity index (χ1) is 19.5. The molecule has 2 saturated carbocycles. The summed E-state index contributed by atoms with van der Waals surface area (Å²) in [6.45, 7) is 10.2. The molecule has 1 spiro atoms. The van der Waals surface area contributed by atoms with Gasteiger partial charge >= 0.3 is 23.9 Å². The Labute approximate surface area is 244 Å². The standard InChI is InChI=1S/C31H40O11/c1-16(32)39-25-26(3,4)20(12-22(34)37-7)28(6)19-8-10-27(5)21(13-23(35)40-24(27)18-9-11-38-14-18)29(19)15-30(25,41-17(2)33)31(28,36)42-29/h9,11,14,19-21,24-25,36H,8,10,12-13,15H2,1-7H3/t19-,20+,21-,24+,25+,27-,28-,29-,30-,31-/m1/s1. The van der Waals surface area contributed by atoms with Gasteiger partial charge in [0.15, 0.2) is 6.10 Å². The second kappa shape index (κ2) is 8.81. The van der Waals surface area contributed by atoms with E-state index in [0.29, 0.717) is 12.8 Å². The van der Waals surface area contributed by atoms with E-state index in [4.69, 9.17) is 28.1 Å². The maximum atomic E-state index is 13.3. The summed E-state index contributed by atoms with van der Waals surface area (Å²) >= 11 is 0. The molecule has 42 heavy (non-hydrogen) atoms. The van der Waals surface area contributed by atoms with E-state index >= 15 is 0 Å². The number of fused-ring (bicyclic) bond motifs is 2. The zero-order valence-corrected chi connectivity index (χ0v) is 25.2. The molecule has 0 radical (unpaired) electrons. The van der Waals surface area contributed by atoms with E-state index in [2.05, 4.69) is 6.92 Å². The van der Waals surface area contributed by atoms with Crippen molar-refractivity contribution in [2.24, 2.45) is 34.0 Å². The Morgan fingerprint density at radius 1 is 1.10 bits per heavy atom. The van der Waals surface area contributed by atoms with Crippen molar-refractivity contribution in [3.8, 4) is 0 Å². The summed E-state index contributed by atoms with van der Waals surface area (Å²) in [4.78, 5) is 51.6. The van der Waals surface area contributed by atoms with Gasteiger partial charge in [0.05, 0.1) is 31.7 Å². The molecule has 0 amide bonds. The summed E-state index contributed by atoms with van der Waals surface area (Å²) in [6, 6.07) is 1.78. The zero-order valence-electron chi connectivity index (χ0n) is 25.2. The van der Waals surface area contributed by atoms with Gasteiger partial charge in [0.2, 0.25) is 11.4 Å². The SMILES string of the molecule is COC(=O)C[C@H]1C(C)(C)[C@H](OC(C)=O)[C@]2(OC(C)=O)C[C@@]34O[C@]2(O)[C@]1(C)[C@H]3CC[C@]1(C)[C@H]4CC(=O)O[C@H]1c1ccoc1. The number of cyclic esters (lactones) is 1. The van der Waals surface area contributed by atoms with Gasteiger partial charge in [0, 0.05) is 54.4 Å². The number of carbonyl (C=O) groups excluding carboxylic acids is 4. The predicted octanol–water partition coefficient (Wildman–Crippen LogP) is 3.62. The van der Waals surface area contributed by atoms with E-state index in [1.165, 1.54) is 27.2 Å². The number of aliphatic hydroxyl groups is 1. The fourth-order valence-electron chi connectivity index (χ4n) is 10.5. The lowest BCUT2D eigenvalue weighted by molar-refractivity contribution is -0.375. The van der Waals surface area contributed by atoms with E-state index in [1.54, 1.807) is 12.3 Å². The molecule has 1 aromatic rings. The molecule has 230 valence electrons. The number of ether oxygens (including phenoxy) is 5. The average molecular weight is 589 g/mol. The monoisotopic (exact) mass is 588 g/mol. The van der Waals surface area contributed by atoms with Crippen LogP contribution in [-0.2, 0) is 42.9 Å². The van der Waals surface area contributed by atoms with Gasteiger partial charge in [0.1, 0.15) is 6.10 Å². The fourth-order valence-corrected chi connectivity index (χ4v) is 10.5. The van der Waals surface area contributed by atoms with Gasteiger partial charge in [-0.15, -0.1) is 0 Å². The van der Waals surface area contributed by atoms with Crippen molar-refractivity contribution in [3.63, 3.8) is 0 Å². The van der Waals surface area contributed by atoms with Crippen LogP contribution in [0.4, 0.5) is 0 Å². The molecule has 3 aliphatic heterocycles. The van der Waals surface area contributed by atoms with Crippen LogP contribution in [0.2, 0.25) is 0 Å². The van der Waals surface area contributed by atoms with E-state index < -0.39 is 81.2 Å². The van der Waals surface area contributed by atoms with Crippen LogP contribution in [0.5, 0.6) is 0 Å². The van der Waals surface area contributed by atoms with Crippen molar-refractivity contribution >= 4 is 23.9 Å². The summed E-state index contributed by atoms with van der Waals surface area (Å²) in [6.07, 6.45) is 2.46. The molecule has 2 aliphatic carbocycles. The van der Waals surface area contributed by atoms with Gasteiger partial charge < -0.3 is 33.2 Å². The molecule has 5 aliphatic rings. The Morgan fingerprint density at radius 3 is 2.40 bits per heavy atom. The maximum absolute atomic E-state index is 13.3. The first-order valence-electron chi connectivity index (χ1n) is 14.6. The molecule has 1 aromatic heterocycles. The second-order valence-electron chi connectivity index (χ2n) is 14.1. The van der Waals surface area contributed by atoms with Crippen LogP contribution in [0.1, 0.15) is 85.3 Å². The highest BCUT2D eigenvalue weighted by atomic mass is 16.7. The van der Waals surface area contributed by atoms with Crippen LogP contribution < -0.4 is 0 Å². The molecule has 2 bridgehead atoms. The Balaban J connectivity index is 1.60. The van der Waals surface area contributed by atoms with Crippen molar-refractivity contribution in [2.45, 2.75) is 103 Å². The van der Waals surface area contributed by atoms with Crippen molar-refractivity contribution in [3.05, 3.63) is 24.2 Å². The molecule has 6 rings (SSSR count). The van der Waals surface area contributed by atoms with Crippen molar-refractivity contribution in [1.29, 1.82) is 0 Å². The van der Waals surface area contributed by atoms with Gasteiger partial charge in [-0.1, -0.05) is 27.7 Å². The van der Waals surface area contributed by atoms with Crippen molar-refractivity contribution < 1.29 is 52.4 Å². The van der Waals surface area contributed by atoms with Crippen molar-refractivity contribution in [1.82, 2.24) is 0 Å². The number of carbonyl (C=O) groups is 4. The quantitative estimate of drug-likeness (QED) is 0.397. The van der Waals surface area contributed by atoms with Crippen LogP contribution in [0.25, 0.3) is 0 Å². The Kier molecular flexibility index (Phi) is 6.12. The van der Waals surface area contributed by atoms with Gasteiger partial charge in [-0.25, -0.2) is 0 Å². The molecule has 10 atom stereocenters. The van der Waals surface area contributed by atoms with E-state index in [-0.39, 0.29) is 25.2 Å². The van der Waals surface area contributed by atoms with Crippen LogP contribution in [0, 0.1) is 34.0 Å². The van der Waals surface area contributed by atoms with Gasteiger partial charge in [0.25, 0.3) is 0 Å². The third kappa shape index (κ3) is 3.29. The smallest absolute Gasteiger partial charge is 0.306 e. The summed E-state index contributed by atoms with van der Waals surface area (Å²) in [7, 11) is 1.30. The minimum absolute atomic E-state index is 0.00824. The van der Waals surface area contributed by atoms with Gasteiger partial charge in [-0.2, -0.15) is 0 Å². The third-order valence-corrected chi connectivity index (χ3v) is 11.8. The molecule has 11 nitrogen and oxygen atoms in total. The van der Waals surface area contributed by atoms with E-state index in [0.717, 1.165) is 5.56 Å². The Bertz CT molecular complexity index is 1340. The normalized spacial score (nSPS) is 46.2. The molecule has 1 N–H and O–H groups in total. The Hall–Kier alpha value is -2.92. The highest BCUT2D eigenvalue weighted by Crippen LogP contribution is 2.82.